The first-order chi connectivity index (χ1) is 12.3. The topological polar surface area (TPSA) is 96.0 Å². The van der Waals surface area contributed by atoms with Crippen LogP contribution in [0.5, 0.6) is 5.75 Å². The van der Waals surface area contributed by atoms with Crippen LogP contribution in [0.1, 0.15) is 0 Å². The van der Waals surface area contributed by atoms with Gasteiger partial charge in [-0.1, -0.05) is 18.2 Å². The van der Waals surface area contributed by atoms with E-state index in [1.165, 1.54) is 0 Å². The maximum atomic E-state index is 12.3. The highest BCUT2D eigenvalue weighted by Crippen LogP contribution is 2.30. The normalized spacial score (nSPS) is 13.0. The quantitative estimate of drug-likeness (QED) is 0.753. The number of anilines is 2. The molecule has 0 bridgehead atoms. The number of carbonyl (C=O) groups is 1. The molecule has 8 heteroatoms. The van der Waals surface area contributed by atoms with Gasteiger partial charge in [-0.05, 0) is 24.3 Å². The first-order valence-electron chi connectivity index (χ1n) is 7.90. The molecule has 8 nitrogen and oxygen atoms in total. The van der Waals surface area contributed by atoms with E-state index in [-0.39, 0.29) is 12.5 Å². The van der Waals surface area contributed by atoms with Crippen LogP contribution in [0, 0.1) is 0 Å². The predicted molar refractivity (Wildman–Crippen MR) is 92.4 cm³/mol. The van der Waals surface area contributed by atoms with Gasteiger partial charge in [0, 0.05) is 6.20 Å². The van der Waals surface area contributed by atoms with Gasteiger partial charge in [0.1, 0.15) is 18.1 Å². The Morgan fingerprint density at radius 1 is 1.20 bits per heavy atom. The number of aromatic amines is 1. The third-order valence-corrected chi connectivity index (χ3v) is 3.81. The van der Waals surface area contributed by atoms with Crippen LogP contribution in [0.3, 0.4) is 0 Å². The molecular weight excluding hydrogens is 320 g/mol. The second-order valence-electron chi connectivity index (χ2n) is 5.52. The highest BCUT2D eigenvalue weighted by atomic mass is 16.5. The van der Waals surface area contributed by atoms with Gasteiger partial charge in [-0.25, -0.2) is 0 Å². The summed E-state index contributed by atoms with van der Waals surface area (Å²) in [4.78, 5) is 21.5. The van der Waals surface area contributed by atoms with E-state index < -0.39 is 0 Å². The Hall–Kier alpha value is -3.42. The number of rotatable bonds is 4. The molecule has 0 fully saturated rings. The van der Waals surface area contributed by atoms with Gasteiger partial charge in [0.2, 0.25) is 11.9 Å². The Balaban J connectivity index is 1.43. The number of amides is 1. The summed E-state index contributed by atoms with van der Waals surface area (Å²) >= 11 is 0. The highest BCUT2D eigenvalue weighted by Gasteiger charge is 2.20. The Labute approximate surface area is 143 Å². The fourth-order valence-electron chi connectivity index (χ4n) is 2.67. The fraction of sp³-hybridized carbons (Fsp3) is 0.176. The van der Waals surface area contributed by atoms with Gasteiger partial charge < -0.3 is 14.6 Å². The number of fused-ring (bicyclic) bond motifs is 1. The van der Waals surface area contributed by atoms with Crippen molar-refractivity contribution in [3.8, 4) is 17.3 Å². The van der Waals surface area contributed by atoms with Crippen LogP contribution < -0.4 is 15.0 Å². The molecule has 1 aliphatic heterocycles. The van der Waals surface area contributed by atoms with Crippen molar-refractivity contribution in [1.29, 1.82) is 0 Å². The number of carbonyl (C=O) groups excluding carboxylic acids is 1. The molecule has 4 rings (SSSR count). The molecule has 0 radical (unpaired) electrons. The SMILES string of the molecule is O=C(CN1CCOc2ccccc21)Nc1nnc(-c2ccccn2)[nH]1. The molecule has 2 N–H and O–H groups in total. The Morgan fingerprint density at radius 3 is 2.96 bits per heavy atom. The van der Waals surface area contributed by atoms with Crippen LogP contribution in [0.15, 0.2) is 48.7 Å². The molecule has 126 valence electrons. The number of aromatic nitrogens is 4. The standard InChI is InChI=1S/C17H16N6O2/c24-15(11-23-9-10-25-14-7-2-1-6-13(14)23)19-17-20-16(21-22-17)12-5-3-4-8-18-12/h1-8H,9-11H2,(H2,19,20,21,22,24). The van der Waals surface area contributed by atoms with Gasteiger partial charge in [0.25, 0.3) is 0 Å². The van der Waals surface area contributed by atoms with Gasteiger partial charge in [0.15, 0.2) is 5.82 Å². The third kappa shape index (κ3) is 3.27. The van der Waals surface area contributed by atoms with Gasteiger partial charge >= 0.3 is 0 Å². The lowest BCUT2D eigenvalue weighted by Crippen LogP contribution is -2.38. The average Bonchev–Trinajstić information content (AvgIpc) is 3.11. The van der Waals surface area contributed by atoms with E-state index in [2.05, 4.69) is 25.5 Å². The van der Waals surface area contributed by atoms with Crippen molar-refractivity contribution in [3.63, 3.8) is 0 Å². The van der Waals surface area contributed by atoms with Gasteiger partial charge in [-0.2, -0.15) is 0 Å². The smallest absolute Gasteiger partial charge is 0.246 e. The molecule has 0 aliphatic carbocycles. The Morgan fingerprint density at radius 2 is 2.08 bits per heavy atom. The van der Waals surface area contributed by atoms with Gasteiger partial charge in [-0.3, -0.25) is 15.1 Å². The van der Waals surface area contributed by atoms with Crippen molar-refractivity contribution in [3.05, 3.63) is 48.7 Å². The largest absolute Gasteiger partial charge is 0.490 e. The lowest BCUT2D eigenvalue weighted by atomic mass is 10.2. The number of nitrogens with zero attached hydrogens (tertiary/aromatic N) is 4. The summed E-state index contributed by atoms with van der Waals surface area (Å²) in [5.41, 5.74) is 1.58. The molecule has 3 heterocycles. The van der Waals surface area contributed by atoms with Crippen molar-refractivity contribution in [1.82, 2.24) is 20.2 Å². The molecule has 0 spiro atoms. The monoisotopic (exact) mass is 336 g/mol. The number of ether oxygens (including phenoxy) is 1. The molecule has 0 unspecified atom stereocenters. The van der Waals surface area contributed by atoms with E-state index in [9.17, 15) is 4.79 Å². The van der Waals surface area contributed by atoms with Crippen LogP contribution >= 0.6 is 0 Å². The summed E-state index contributed by atoms with van der Waals surface area (Å²) in [6.07, 6.45) is 1.67. The van der Waals surface area contributed by atoms with E-state index in [1.807, 2.05) is 47.4 Å². The molecule has 1 aliphatic rings. The molecule has 3 aromatic rings. The van der Waals surface area contributed by atoms with Crippen LogP contribution in [0.2, 0.25) is 0 Å². The maximum Gasteiger partial charge on any atom is 0.246 e. The average molecular weight is 336 g/mol. The predicted octanol–water partition coefficient (Wildman–Crippen LogP) is 1.70. The van der Waals surface area contributed by atoms with Crippen LogP contribution in [0.4, 0.5) is 11.6 Å². The summed E-state index contributed by atoms with van der Waals surface area (Å²) in [6, 6.07) is 13.2. The highest BCUT2D eigenvalue weighted by molar-refractivity contribution is 5.93. The maximum absolute atomic E-state index is 12.3. The molecule has 0 atom stereocenters. The van der Waals surface area contributed by atoms with E-state index in [0.717, 1.165) is 11.4 Å². The first kappa shape index (κ1) is 15.1. The van der Waals surface area contributed by atoms with Gasteiger partial charge in [-0.15, -0.1) is 10.2 Å². The van der Waals surface area contributed by atoms with E-state index >= 15 is 0 Å². The number of pyridine rings is 1. The fourth-order valence-corrected chi connectivity index (χ4v) is 2.67. The Kier molecular flexibility index (Phi) is 3.99. The number of hydrogen-bond donors (Lipinski definition) is 2. The second-order valence-corrected chi connectivity index (χ2v) is 5.52. The zero-order valence-corrected chi connectivity index (χ0v) is 13.3. The lowest BCUT2D eigenvalue weighted by Gasteiger charge is -2.30. The first-order valence-corrected chi connectivity index (χ1v) is 7.90. The number of nitrogens with one attached hydrogen (secondary N) is 2. The van der Waals surface area contributed by atoms with Crippen LogP contribution in [0.25, 0.3) is 11.5 Å². The van der Waals surface area contributed by atoms with Crippen molar-refractivity contribution in [2.45, 2.75) is 0 Å². The third-order valence-electron chi connectivity index (χ3n) is 3.81. The second kappa shape index (κ2) is 6.60. The van der Waals surface area contributed by atoms with Crippen molar-refractivity contribution < 1.29 is 9.53 Å². The summed E-state index contributed by atoms with van der Waals surface area (Å²) < 4.78 is 5.60. The summed E-state index contributed by atoms with van der Waals surface area (Å²) in [7, 11) is 0. The molecular formula is C17H16N6O2. The number of H-pyrrole nitrogens is 1. The van der Waals surface area contributed by atoms with Crippen molar-refractivity contribution in [2.24, 2.45) is 0 Å². The molecule has 1 aromatic carbocycles. The van der Waals surface area contributed by atoms with Gasteiger partial charge in [0.05, 0.1) is 18.8 Å². The molecule has 0 saturated carbocycles. The van der Waals surface area contributed by atoms with E-state index in [1.54, 1.807) is 6.20 Å². The van der Waals surface area contributed by atoms with Crippen molar-refractivity contribution in [2.75, 3.05) is 29.9 Å². The van der Waals surface area contributed by atoms with Crippen molar-refractivity contribution >= 4 is 17.5 Å². The zero-order valence-electron chi connectivity index (χ0n) is 13.3. The summed E-state index contributed by atoms with van der Waals surface area (Å²) in [5, 5.41) is 10.7. The molecule has 0 saturated heterocycles. The Bertz CT molecular complexity index is 880. The minimum Gasteiger partial charge on any atom is -0.490 e. The number of para-hydroxylation sites is 2. The number of hydrogen-bond acceptors (Lipinski definition) is 6. The zero-order chi connectivity index (χ0) is 17.1. The summed E-state index contributed by atoms with van der Waals surface area (Å²) in [5.74, 6) is 1.42. The van der Waals surface area contributed by atoms with Crippen LogP contribution in [-0.2, 0) is 4.79 Å². The molecule has 25 heavy (non-hydrogen) atoms. The minimum absolute atomic E-state index is 0.180. The van der Waals surface area contributed by atoms with Crippen LogP contribution in [-0.4, -0.2) is 45.8 Å². The number of benzene rings is 1. The lowest BCUT2D eigenvalue weighted by molar-refractivity contribution is -0.115. The molecule has 2 aromatic heterocycles. The minimum atomic E-state index is -0.180. The molecule has 1 amide bonds. The van der Waals surface area contributed by atoms with E-state index in [0.29, 0.717) is 30.6 Å². The van der Waals surface area contributed by atoms with E-state index in [4.69, 9.17) is 4.74 Å². The summed E-state index contributed by atoms with van der Waals surface area (Å²) in [6.45, 7) is 1.41.